The first-order valence-corrected chi connectivity index (χ1v) is 6.04. The van der Waals surface area contributed by atoms with Crippen molar-refractivity contribution < 1.29 is 4.79 Å². The predicted octanol–water partition coefficient (Wildman–Crippen LogP) is 2.06. The zero-order valence-corrected chi connectivity index (χ0v) is 10.5. The number of aromatic amines is 1. The highest BCUT2D eigenvalue weighted by Crippen LogP contribution is 2.07. The number of hydrogen-bond donors (Lipinski definition) is 2. The minimum atomic E-state index is -0.323. The van der Waals surface area contributed by atoms with Crippen LogP contribution in [0.4, 0.5) is 0 Å². The predicted molar refractivity (Wildman–Crippen MR) is 71.8 cm³/mol. The molecule has 18 heavy (non-hydrogen) atoms. The molecular weight excluding hydrogens is 228 g/mol. The highest BCUT2D eigenvalue weighted by atomic mass is 16.2. The van der Waals surface area contributed by atoms with Gasteiger partial charge in [0.25, 0.3) is 5.91 Å². The first-order valence-electron chi connectivity index (χ1n) is 6.04. The van der Waals surface area contributed by atoms with Gasteiger partial charge in [-0.1, -0.05) is 19.1 Å². The number of pyridine rings is 1. The molecule has 0 unspecified atom stereocenters. The summed E-state index contributed by atoms with van der Waals surface area (Å²) < 4.78 is 0. The molecule has 4 heteroatoms. The van der Waals surface area contributed by atoms with Crippen LogP contribution in [0.5, 0.6) is 0 Å². The fourth-order valence-electron chi connectivity index (χ4n) is 1.74. The van der Waals surface area contributed by atoms with E-state index in [-0.39, 0.29) is 22.9 Å². The van der Waals surface area contributed by atoms with E-state index >= 15 is 0 Å². The monoisotopic (exact) mass is 244 g/mol. The molecule has 0 saturated heterocycles. The summed E-state index contributed by atoms with van der Waals surface area (Å²) >= 11 is 0. The van der Waals surface area contributed by atoms with Gasteiger partial charge >= 0.3 is 0 Å². The summed E-state index contributed by atoms with van der Waals surface area (Å²) in [6, 6.07) is 7.22. The molecule has 1 amide bonds. The molecule has 1 atom stereocenters. The van der Waals surface area contributed by atoms with Gasteiger partial charge in [-0.2, -0.15) is 0 Å². The van der Waals surface area contributed by atoms with Gasteiger partial charge in [0.15, 0.2) is 0 Å². The van der Waals surface area contributed by atoms with E-state index in [9.17, 15) is 9.59 Å². The van der Waals surface area contributed by atoms with Crippen molar-refractivity contribution in [1.29, 1.82) is 0 Å². The first-order chi connectivity index (χ1) is 8.63. The number of H-pyrrole nitrogens is 1. The number of amides is 1. The number of hydrogen-bond acceptors (Lipinski definition) is 2. The minimum absolute atomic E-state index is 0.0587. The van der Waals surface area contributed by atoms with Gasteiger partial charge in [-0.15, -0.1) is 0 Å². The van der Waals surface area contributed by atoms with Crippen molar-refractivity contribution in [2.75, 3.05) is 0 Å². The van der Waals surface area contributed by atoms with E-state index < -0.39 is 0 Å². The van der Waals surface area contributed by atoms with Gasteiger partial charge in [0, 0.05) is 23.1 Å². The lowest BCUT2D eigenvalue weighted by Gasteiger charge is -2.11. The Balaban J connectivity index is 2.43. The van der Waals surface area contributed by atoms with Crippen LogP contribution in [0.15, 0.2) is 35.3 Å². The minimum Gasteiger partial charge on any atom is -0.360 e. The third-order valence-electron chi connectivity index (χ3n) is 3.02. The van der Waals surface area contributed by atoms with E-state index in [0.717, 1.165) is 11.9 Å². The van der Waals surface area contributed by atoms with Gasteiger partial charge in [-0.05, 0) is 25.5 Å². The third kappa shape index (κ3) is 2.27. The molecule has 1 aromatic heterocycles. The summed E-state index contributed by atoms with van der Waals surface area (Å²) in [4.78, 5) is 27.1. The van der Waals surface area contributed by atoms with E-state index in [2.05, 4.69) is 10.3 Å². The first kappa shape index (κ1) is 12.4. The second kappa shape index (κ2) is 5.04. The topological polar surface area (TPSA) is 62.0 Å². The van der Waals surface area contributed by atoms with E-state index in [0.29, 0.717) is 5.39 Å². The van der Waals surface area contributed by atoms with Crippen molar-refractivity contribution in [3.05, 3.63) is 46.2 Å². The summed E-state index contributed by atoms with van der Waals surface area (Å²) in [6.45, 7) is 3.89. The molecule has 2 N–H and O–H groups in total. The zero-order valence-electron chi connectivity index (χ0n) is 10.5. The second-order valence-electron chi connectivity index (χ2n) is 4.36. The Kier molecular flexibility index (Phi) is 3.46. The van der Waals surface area contributed by atoms with Crippen LogP contribution < -0.4 is 10.7 Å². The average Bonchev–Trinajstić information content (AvgIpc) is 2.39. The zero-order chi connectivity index (χ0) is 13.1. The van der Waals surface area contributed by atoms with Crippen LogP contribution in [0.3, 0.4) is 0 Å². The number of rotatable bonds is 3. The summed E-state index contributed by atoms with van der Waals surface area (Å²) in [5.74, 6) is -0.323. The average molecular weight is 244 g/mol. The maximum absolute atomic E-state index is 12.2. The summed E-state index contributed by atoms with van der Waals surface area (Å²) in [6.07, 6.45) is 2.31. The fourth-order valence-corrected chi connectivity index (χ4v) is 1.74. The SMILES string of the molecule is CC[C@H](C)NC(=O)c1c[nH]c2ccccc2c1=O. The Morgan fingerprint density at radius 2 is 2.11 bits per heavy atom. The highest BCUT2D eigenvalue weighted by molar-refractivity contribution is 5.97. The molecule has 0 bridgehead atoms. The molecule has 0 spiro atoms. The highest BCUT2D eigenvalue weighted by Gasteiger charge is 2.13. The number of nitrogens with one attached hydrogen (secondary N) is 2. The number of carbonyl (C=O) groups excluding carboxylic acids is 1. The maximum Gasteiger partial charge on any atom is 0.256 e. The van der Waals surface area contributed by atoms with Gasteiger partial charge in [0.1, 0.15) is 5.56 Å². The number of carbonyl (C=O) groups is 1. The van der Waals surface area contributed by atoms with Crippen LogP contribution in [0.2, 0.25) is 0 Å². The van der Waals surface area contributed by atoms with Crippen LogP contribution in [0.25, 0.3) is 10.9 Å². The van der Waals surface area contributed by atoms with Crippen molar-refractivity contribution >= 4 is 16.8 Å². The lowest BCUT2D eigenvalue weighted by Crippen LogP contribution is -2.35. The van der Waals surface area contributed by atoms with Crippen molar-refractivity contribution in [2.45, 2.75) is 26.3 Å². The van der Waals surface area contributed by atoms with Crippen molar-refractivity contribution in [3.8, 4) is 0 Å². The third-order valence-corrected chi connectivity index (χ3v) is 3.02. The normalized spacial score (nSPS) is 12.3. The van der Waals surface area contributed by atoms with Crippen molar-refractivity contribution in [2.24, 2.45) is 0 Å². The van der Waals surface area contributed by atoms with Crippen LogP contribution in [0, 0.1) is 0 Å². The van der Waals surface area contributed by atoms with Gasteiger partial charge in [-0.25, -0.2) is 0 Å². The van der Waals surface area contributed by atoms with Crippen molar-refractivity contribution in [3.63, 3.8) is 0 Å². The number of aromatic nitrogens is 1. The van der Waals surface area contributed by atoms with Gasteiger partial charge in [0.05, 0.1) is 0 Å². The Morgan fingerprint density at radius 3 is 2.83 bits per heavy atom. The fraction of sp³-hybridized carbons (Fsp3) is 0.286. The maximum atomic E-state index is 12.2. The standard InChI is InChI=1S/C14H16N2O2/c1-3-9(2)16-14(18)11-8-15-12-7-5-4-6-10(12)13(11)17/h4-9H,3H2,1-2H3,(H,15,17)(H,16,18)/t9-/m0/s1. The smallest absolute Gasteiger partial charge is 0.256 e. The van der Waals surface area contributed by atoms with E-state index in [1.165, 1.54) is 6.20 Å². The molecule has 0 aliphatic rings. The second-order valence-corrected chi connectivity index (χ2v) is 4.36. The number of benzene rings is 1. The molecular formula is C14H16N2O2. The molecule has 0 fully saturated rings. The van der Waals surface area contributed by atoms with Crippen LogP contribution in [-0.4, -0.2) is 16.9 Å². The summed E-state index contributed by atoms with van der Waals surface area (Å²) in [5, 5.41) is 3.33. The molecule has 0 radical (unpaired) electrons. The molecule has 1 aromatic carbocycles. The van der Waals surface area contributed by atoms with Gasteiger partial charge < -0.3 is 10.3 Å². The molecule has 0 aliphatic carbocycles. The van der Waals surface area contributed by atoms with Gasteiger partial charge in [-0.3, -0.25) is 9.59 Å². The number of para-hydroxylation sites is 1. The molecule has 1 heterocycles. The van der Waals surface area contributed by atoms with Crippen LogP contribution in [0.1, 0.15) is 30.6 Å². The molecule has 2 rings (SSSR count). The Labute approximate surface area is 105 Å². The lowest BCUT2D eigenvalue weighted by molar-refractivity contribution is 0.0938. The molecule has 4 nitrogen and oxygen atoms in total. The quantitative estimate of drug-likeness (QED) is 0.868. The molecule has 0 aliphatic heterocycles. The van der Waals surface area contributed by atoms with E-state index in [4.69, 9.17) is 0 Å². The number of fused-ring (bicyclic) bond motifs is 1. The molecule has 94 valence electrons. The lowest BCUT2D eigenvalue weighted by atomic mass is 10.1. The Morgan fingerprint density at radius 1 is 1.39 bits per heavy atom. The molecule has 2 aromatic rings. The summed E-state index contributed by atoms with van der Waals surface area (Å²) in [5.41, 5.74) is 0.668. The largest absolute Gasteiger partial charge is 0.360 e. The van der Waals surface area contributed by atoms with Crippen LogP contribution in [-0.2, 0) is 0 Å². The van der Waals surface area contributed by atoms with E-state index in [1.54, 1.807) is 12.1 Å². The van der Waals surface area contributed by atoms with Gasteiger partial charge in [0.2, 0.25) is 5.43 Å². The molecule has 0 saturated carbocycles. The van der Waals surface area contributed by atoms with Crippen molar-refractivity contribution in [1.82, 2.24) is 10.3 Å². The Bertz CT molecular complexity index is 631. The Hall–Kier alpha value is -2.10. The summed E-state index contributed by atoms with van der Waals surface area (Å²) in [7, 11) is 0. The van der Waals surface area contributed by atoms with Crippen LogP contribution >= 0.6 is 0 Å². The van der Waals surface area contributed by atoms with E-state index in [1.807, 2.05) is 26.0 Å².